The van der Waals surface area contributed by atoms with Crippen molar-refractivity contribution in [2.24, 2.45) is 0 Å². The number of ether oxygens (including phenoxy) is 2. The molecule has 2 aromatic rings. The molecule has 0 radical (unpaired) electrons. The van der Waals surface area contributed by atoms with Gasteiger partial charge in [-0.25, -0.2) is 0 Å². The standard InChI is InChI=1S/C24H32N2O4/c1-6-16(3)19-12-8-9-13-22(19)30-20(7-2)24(28)26-25-23(27)15-29-21-14-10-11-17(4)18(21)5/h8-14,16,20H,6-7,15H2,1-5H3,(H,25,27)(H,26,28). The van der Waals surface area contributed by atoms with Gasteiger partial charge < -0.3 is 9.47 Å². The van der Waals surface area contributed by atoms with Gasteiger partial charge in [0.15, 0.2) is 12.7 Å². The van der Waals surface area contributed by atoms with Crippen molar-refractivity contribution < 1.29 is 19.1 Å². The minimum absolute atomic E-state index is 0.195. The number of carbonyl (C=O) groups excluding carboxylic acids is 2. The molecule has 2 aromatic carbocycles. The fourth-order valence-corrected chi connectivity index (χ4v) is 2.96. The summed E-state index contributed by atoms with van der Waals surface area (Å²) in [6.45, 7) is 9.82. The van der Waals surface area contributed by atoms with Crippen LogP contribution in [0.2, 0.25) is 0 Å². The first-order valence-electron chi connectivity index (χ1n) is 10.4. The molecule has 0 spiro atoms. The molecular formula is C24H32N2O4. The molecule has 2 amide bonds. The molecule has 0 saturated heterocycles. The summed E-state index contributed by atoms with van der Waals surface area (Å²) in [5, 5.41) is 0. The highest BCUT2D eigenvalue weighted by atomic mass is 16.5. The first-order valence-corrected chi connectivity index (χ1v) is 10.4. The Kier molecular flexibility index (Phi) is 8.71. The van der Waals surface area contributed by atoms with E-state index in [9.17, 15) is 9.59 Å². The second-order valence-corrected chi connectivity index (χ2v) is 7.39. The van der Waals surface area contributed by atoms with E-state index in [1.165, 1.54) is 0 Å². The number of amides is 2. The molecule has 0 aliphatic carbocycles. The maximum atomic E-state index is 12.5. The van der Waals surface area contributed by atoms with Crippen molar-refractivity contribution >= 4 is 11.8 Å². The van der Waals surface area contributed by atoms with Gasteiger partial charge in [-0.1, -0.05) is 51.1 Å². The summed E-state index contributed by atoms with van der Waals surface area (Å²) in [5.41, 5.74) is 7.96. The minimum Gasteiger partial charge on any atom is -0.483 e. The van der Waals surface area contributed by atoms with Crippen LogP contribution in [0.5, 0.6) is 11.5 Å². The zero-order valence-electron chi connectivity index (χ0n) is 18.5. The molecule has 0 heterocycles. The van der Waals surface area contributed by atoms with E-state index in [2.05, 4.69) is 24.7 Å². The van der Waals surface area contributed by atoms with Crippen LogP contribution in [0, 0.1) is 13.8 Å². The molecule has 0 aliphatic rings. The number of carbonyl (C=O) groups is 2. The minimum atomic E-state index is -0.713. The maximum Gasteiger partial charge on any atom is 0.279 e. The average molecular weight is 413 g/mol. The highest BCUT2D eigenvalue weighted by Gasteiger charge is 2.21. The Labute approximate surface area is 178 Å². The Balaban J connectivity index is 1.90. The number of hydrazine groups is 1. The van der Waals surface area contributed by atoms with Gasteiger partial charge in [0.2, 0.25) is 0 Å². The van der Waals surface area contributed by atoms with Crippen LogP contribution in [0.1, 0.15) is 56.2 Å². The predicted molar refractivity (Wildman–Crippen MR) is 118 cm³/mol. The second-order valence-electron chi connectivity index (χ2n) is 7.39. The molecule has 0 fully saturated rings. The first kappa shape index (κ1) is 23.3. The van der Waals surface area contributed by atoms with Crippen molar-refractivity contribution in [1.82, 2.24) is 10.9 Å². The molecule has 0 aliphatic heterocycles. The quantitative estimate of drug-likeness (QED) is 0.605. The van der Waals surface area contributed by atoms with Gasteiger partial charge in [0.25, 0.3) is 11.8 Å². The van der Waals surface area contributed by atoms with Gasteiger partial charge in [0.05, 0.1) is 0 Å². The van der Waals surface area contributed by atoms with E-state index in [0.717, 1.165) is 23.1 Å². The second kappa shape index (κ2) is 11.2. The largest absolute Gasteiger partial charge is 0.483 e. The Bertz CT molecular complexity index is 866. The molecule has 6 nitrogen and oxygen atoms in total. The van der Waals surface area contributed by atoms with Crippen LogP contribution in [0.15, 0.2) is 42.5 Å². The highest BCUT2D eigenvalue weighted by molar-refractivity contribution is 5.85. The van der Waals surface area contributed by atoms with Crippen LogP contribution in [0.4, 0.5) is 0 Å². The fourth-order valence-electron chi connectivity index (χ4n) is 2.96. The lowest BCUT2D eigenvalue weighted by molar-refractivity contribution is -0.134. The van der Waals surface area contributed by atoms with E-state index < -0.39 is 17.9 Å². The number of aryl methyl sites for hydroxylation is 1. The molecular weight excluding hydrogens is 380 g/mol. The third-order valence-corrected chi connectivity index (χ3v) is 5.23. The molecule has 0 bridgehead atoms. The molecule has 2 atom stereocenters. The molecule has 162 valence electrons. The van der Waals surface area contributed by atoms with E-state index in [4.69, 9.17) is 9.47 Å². The summed E-state index contributed by atoms with van der Waals surface area (Å²) >= 11 is 0. The molecule has 2 N–H and O–H groups in total. The molecule has 0 saturated carbocycles. The number of hydrogen-bond donors (Lipinski definition) is 2. The van der Waals surface area contributed by atoms with Crippen molar-refractivity contribution in [2.45, 2.75) is 59.5 Å². The van der Waals surface area contributed by atoms with Gasteiger partial charge in [0.1, 0.15) is 11.5 Å². The summed E-state index contributed by atoms with van der Waals surface area (Å²) < 4.78 is 11.5. The third kappa shape index (κ3) is 6.24. The number of nitrogens with one attached hydrogen (secondary N) is 2. The van der Waals surface area contributed by atoms with Crippen molar-refractivity contribution in [1.29, 1.82) is 0 Å². The zero-order chi connectivity index (χ0) is 22.1. The van der Waals surface area contributed by atoms with Gasteiger partial charge in [-0.3, -0.25) is 20.4 Å². The van der Waals surface area contributed by atoms with Crippen molar-refractivity contribution in [3.05, 3.63) is 59.2 Å². The SMILES string of the molecule is CCC(Oc1ccccc1C(C)CC)C(=O)NNC(=O)COc1cccc(C)c1C. The van der Waals surface area contributed by atoms with Gasteiger partial charge in [-0.05, 0) is 61.4 Å². The lowest BCUT2D eigenvalue weighted by Gasteiger charge is -2.21. The molecule has 0 aromatic heterocycles. The maximum absolute atomic E-state index is 12.5. The monoisotopic (exact) mass is 412 g/mol. The van der Waals surface area contributed by atoms with Gasteiger partial charge in [-0.15, -0.1) is 0 Å². The van der Waals surface area contributed by atoms with Gasteiger partial charge in [-0.2, -0.15) is 0 Å². The van der Waals surface area contributed by atoms with E-state index in [-0.39, 0.29) is 6.61 Å². The number of hydrogen-bond acceptors (Lipinski definition) is 4. The lowest BCUT2D eigenvalue weighted by Crippen LogP contribution is -2.49. The topological polar surface area (TPSA) is 76.7 Å². The van der Waals surface area contributed by atoms with Crippen molar-refractivity contribution in [3.8, 4) is 11.5 Å². The van der Waals surface area contributed by atoms with E-state index in [1.54, 1.807) is 0 Å². The summed E-state index contributed by atoms with van der Waals surface area (Å²) in [6.07, 6.45) is 0.727. The van der Waals surface area contributed by atoms with E-state index in [0.29, 0.717) is 23.8 Å². The Hall–Kier alpha value is -3.02. The summed E-state index contributed by atoms with van der Waals surface area (Å²) in [4.78, 5) is 24.6. The Morgan fingerprint density at radius 1 is 0.933 bits per heavy atom. The number of rotatable bonds is 9. The molecule has 2 unspecified atom stereocenters. The van der Waals surface area contributed by atoms with Crippen LogP contribution in [0.25, 0.3) is 0 Å². The van der Waals surface area contributed by atoms with Crippen LogP contribution >= 0.6 is 0 Å². The number of para-hydroxylation sites is 1. The van der Waals surface area contributed by atoms with Crippen LogP contribution in [-0.2, 0) is 9.59 Å². The summed E-state index contributed by atoms with van der Waals surface area (Å²) in [5.74, 6) is 0.811. The van der Waals surface area contributed by atoms with Gasteiger partial charge in [0, 0.05) is 0 Å². The Morgan fingerprint density at radius 3 is 2.33 bits per heavy atom. The number of benzene rings is 2. The fraction of sp³-hybridized carbons (Fsp3) is 0.417. The van der Waals surface area contributed by atoms with Crippen molar-refractivity contribution in [3.63, 3.8) is 0 Å². The summed E-state index contributed by atoms with van der Waals surface area (Å²) in [6, 6.07) is 13.4. The smallest absolute Gasteiger partial charge is 0.279 e. The zero-order valence-corrected chi connectivity index (χ0v) is 18.5. The van der Waals surface area contributed by atoms with Crippen LogP contribution in [-0.4, -0.2) is 24.5 Å². The average Bonchev–Trinajstić information content (AvgIpc) is 2.76. The molecule has 6 heteroatoms. The van der Waals surface area contributed by atoms with Crippen molar-refractivity contribution in [2.75, 3.05) is 6.61 Å². The van der Waals surface area contributed by atoms with E-state index in [1.807, 2.05) is 63.2 Å². The predicted octanol–water partition coefficient (Wildman–Crippen LogP) is 4.20. The Morgan fingerprint density at radius 2 is 1.63 bits per heavy atom. The van der Waals surface area contributed by atoms with E-state index >= 15 is 0 Å². The normalized spacial score (nSPS) is 12.6. The first-order chi connectivity index (χ1) is 14.4. The van der Waals surface area contributed by atoms with Gasteiger partial charge >= 0.3 is 0 Å². The molecule has 30 heavy (non-hydrogen) atoms. The van der Waals surface area contributed by atoms with Crippen LogP contribution < -0.4 is 20.3 Å². The highest BCUT2D eigenvalue weighted by Crippen LogP contribution is 2.29. The summed E-state index contributed by atoms with van der Waals surface area (Å²) in [7, 11) is 0. The third-order valence-electron chi connectivity index (χ3n) is 5.23. The lowest BCUT2D eigenvalue weighted by atomic mass is 9.98. The van der Waals surface area contributed by atoms with Crippen LogP contribution in [0.3, 0.4) is 0 Å². The molecule has 2 rings (SSSR count).